The van der Waals surface area contributed by atoms with Crippen LogP contribution in [-0.4, -0.2) is 20.0 Å². The number of hydrogen-bond donors (Lipinski definition) is 0. The van der Waals surface area contributed by atoms with E-state index < -0.39 is 0 Å². The summed E-state index contributed by atoms with van der Waals surface area (Å²) in [6, 6.07) is 15.5. The second-order valence-electron chi connectivity index (χ2n) is 5.71. The van der Waals surface area contributed by atoms with Crippen molar-refractivity contribution < 1.29 is 14.3 Å². The summed E-state index contributed by atoms with van der Waals surface area (Å²) in [5.74, 6) is 1.77. The van der Waals surface area contributed by atoms with Crippen LogP contribution in [0.1, 0.15) is 24.0 Å². The predicted molar refractivity (Wildman–Crippen MR) is 96.2 cm³/mol. The molecular formula is C21H20O3. The quantitative estimate of drug-likeness (QED) is 0.776. The van der Waals surface area contributed by atoms with Gasteiger partial charge in [0.2, 0.25) is 0 Å². The number of allylic oxidation sites excluding steroid dienone is 2. The van der Waals surface area contributed by atoms with Crippen molar-refractivity contribution in [3.63, 3.8) is 0 Å². The topological polar surface area (TPSA) is 35.5 Å². The Kier molecular flexibility index (Phi) is 4.80. The number of carbonyl (C=O) groups is 1. The molecule has 122 valence electrons. The first-order valence-corrected chi connectivity index (χ1v) is 7.93. The Morgan fingerprint density at radius 3 is 1.42 bits per heavy atom. The van der Waals surface area contributed by atoms with Crippen molar-refractivity contribution in [3.8, 4) is 11.5 Å². The molecule has 0 atom stereocenters. The lowest BCUT2D eigenvalue weighted by molar-refractivity contribution is -0.111. The van der Waals surface area contributed by atoms with Crippen molar-refractivity contribution >= 4 is 17.9 Å². The monoisotopic (exact) mass is 320 g/mol. The molecule has 0 aromatic heterocycles. The van der Waals surface area contributed by atoms with Gasteiger partial charge in [0.15, 0.2) is 5.78 Å². The minimum Gasteiger partial charge on any atom is -0.497 e. The fraction of sp³-hybridized carbons (Fsp3) is 0.190. The molecule has 2 aromatic rings. The largest absolute Gasteiger partial charge is 0.497 e. The van der Waals surface area contributed by atoms with E-state index in [1.807, 2.05) is 60.7 Å². The Bertz CT molecular complexity index is 713. The molecule has 1 aliphatic carbocycles. The van der Waals surface area contributed by atoms with Crippen LogP contribution in [-0.2, 0) is 4.79 Å². The summed E-state index contributed by atoms with van der Waals surface area (Å²) in [6.07, 6.45) is 5.51. The van der Waals surface area contributed by atoms with Gasteiger partial charge in [-0.05, 0) is 60.4 Å². The number of ether oxygens (including phenoxy) is 2. The predicted octanol–water partition coefficient (Wildman–Crippen LogP) is 4.53. The summed E-state index contributed by atoms with van der Waals surface area (Å²) >= 11 is 0. The minimum absolute atomic E-state index is 0.140. The van der Waals surface area contributed by atoms with Crippen LogP contribution >= 0.6 is 0 Å². The highest BCUT2D eigenvalue weighted by Gasteiger charge is 2.22. The van der Waals surface area contributed by atoms with Gasteiger partial charge in [0, 0.05) is 11.1 Å². The molecule has 0 amide bonds. The molecule has 0 heterocycles. The van der Waals surface area contributed by atoms with Gasteiger partial charge in [-0.1, -0.05) is 24.3 Å². The Morgan fingerprint density at radius 1 is 0.708 bits per heavy atom. The van der Waals surface area contributed by atoms with E-state index in [2.05, 4.69) is 0 Å². The van der Waals surface area contributed by atoms with Gasteiger partial charge >= 0.3 is 0 Å². The van der Waals surface area contributed by atoms with Gasteiger partial charge in [0.1, 0.15) is 11.5 Å². The zero-order chi connectivity index (χ0) is 16.9. The zero-order valence-corrected chi connectivity index (χ0v) is 13.9. The maximum absolute atomic E-state index is 12.6. The van der Waals surface area contributed by atoms with Gasteiger partial charge in [-0.15, -0.1) is 0 Å². The molecule has 0 radical (unpaired) electrons. The molecule has 0 N–H and O–H groups in total. The molecule has 2 aromatic carbocycles. The van der Waals surface area contributed by atoms with E-state index in [1.165, 1.54) is 0 Å². The van der Waals surface area contributed by atoms with Crippen molar-refractivity contribution in [1.29, 1.82) is 0 Å². The maximum Gasteiger partial charge on any atom is 0.185 e. The van der Waals surface area contributed by atoms with E-state index in [1.54, 1.807) is 14.2 Å². The average Bonchev–Trinajstić information content (AvgIpc) is 2.96. The molecule has 0 unspecified atom stereocenters. The average molecular weight is 320 g/mol. The first kappa shape index (κ1) is 16.1. The normalized spacial score (nSPS) is 17.5. The van der Waals surface area contributed by atoms with E-state index in [-0.39, 0.29) is 5.78 Å². The van der Waals surface area contributed by atoms with Gasteiger partial charge in [0.05, 0.1) is 14.2 Å². The first-order valence-electron chi connectivity index (χ1n) is 7.93. The maximum atomic E-state index is 12.6. The molecule has 1 saturated carbocycles. The van der Waals surface area contributed by atoms with E-state index in [4.69, 9.17) is 9.47 Å². The summed E-state index contributed by atoms with van der Waals surface area (Å²) in [5, 5.41) is 0. The highest BCUT2D eigenvalue weighted by atomic mass is 16.5. The van der Waals surface area contributed by atoms with Crippen molar-refractivity contribution in [2.75, 3.05) is 14.2 Å². The third-order valence-corrected chi connectivity index (χ3v) is 4.16. The Labute approximate surface area is 142 Å². The number of benzene rings is 2. The lowest BCUT2D eigenvalue weighted by atomic mass is 10.1. The van der Waals surface area contributed by atoms with Crippen LogP contribution in [0.25, 0.3) is 12.2 Å². The molecule has 3 nitrogen and oxygen atoms in total. The molecule has 24 heavy (non-hydrogen) atoms. The van der Waals surface area contributed by atoms with Crippen LogP contribution in [0, 0.1) is 0 Å². The van der Waals surface area contributed by atoms with Crippen LogP contribution in [0.15, 0.2) is 59.7 Å². The fourth-order valence-electron chi connectivity index (χ4n) is 2.78. The number of methoxy groups -OCH3 is 2. The summed E-state index contributed by atoms with van der Waals surface area (Å²) < 4.78 is 10.3. The number of rotatable bonds is 4. The molecule has 0 bridgehead atoms. The Balaban J connectivity index is 1.78. The number of hydrogen-bond acceptors (Lipinski definition) is 3. The van der Waals surface area contributed by atoms with Gasteiger partial charge in [-0.25, -0.2) is 0 Å². The summed E-state index contributed by atoms with van der Waals surface area (Å²) in [5.41, 5.74) is 3.76. The first-order chi connectivity index (χ1) is 11.7. The van der Waals surface area contributed by atoms with Crippen LogP contribution in [0.4, 0.5) is 0 Å². The molecule has 0 saturated heterocycles. The van der Waals surface area contributed by atoms with Crippen LogP contribution in [0.5, 0.6) is 11.5 Å². The lowest BCUT2D eigenvalue weighted by Gasteiger charge is -2.01. The van der Waals surface area contributed by atoms with Crippen molar-refractivity contribution in [1.82, 2.24) is 0 Å². The SMILES string of the molecule is COc1ccc(/C=C2/CC/C(=C/c3ccc(OC)cc3)C2=O)cc1. The van der Waals surface area contributed by atoms with Crippen molar-refractivity contribution in [2.45, 2.75) is 12.8 Å². The molecule has 3 heteroatoms. The smallest absolute Gasteiger partial charge is 0.185 e. The zero-order valence-electron chi connectivity index (χ0n) is 13.9. The second kappa shape index (κ2) is 7.18. The van der Waals surface area contributed by atoms with Crippen molar-refractivity contribution in [3.05, 3.63) is 70.8 Å². The lowest BCUT2D eigenvalue weighted by Crippen LogP contribution is -1.95. The van der Waals surface area contributed by atoms with E-state index in [0.717, 1.165) is 46.6 Å². The highest BCUT2D eigenvalue weighted by molar-refractivity contribution is 6.15. The summed E-state index contributed by atoms with van der Waals surface area (Å²) in [4.78, 5) is 12.6. The number of Topliss-reactive ketones (excluding diaryl/α,β-unsaturated/α-hetero) is 1. The molecule has 1 aliphatic rings. The Hall–Kier alpha value is -2.81. The van der Waals surface area contributed by atoms with Crippen LogP contribution in [0.2, 0.25) is 0 Å². The Morgan fingerprint density at radius 2 is 1.08 bits per heavy atom. The molecular weight excluding hydrogens is 300 g/mol. The number of ketones is 1. The summed E-state index contributed by atoms with van der Waals surface area (Å²) in [6.45, 7) is 0. The molecule has 3 rings (SSSR count). The van der Waals surface area contributed by atoms with Gasteiger partial charge < -0.3 is 9.47 Å². The highest BCUT2D eigenvalue weighted by Crippen LogP contribution is 2.30. The number of carbonyl (C=O) groups excluding carboxylic acids is 1. The van der Waals surface area contributed by atoms with Crippen molar-refractivity contribution in [2.24, 2.45) is 0 Å². The minimum atomic E-state index is 0.140. The van der Waals surface area contributed by atoms with E-state index in [0.29, 0.717) is 0 Å². The van der Waals surface area contributed by atoms with Gasteiger partial charge in [0.25, 0.3) is 0 Å². The summed E-state index contributed by atoms with van der Waals surface area (Å²) in [7, 11) is 3.29. The second-order valence-corrected chi connectivity index (χ2v) is 5.71. The van der Waals surface area contributed by atoms with Gasteiger partial charge in [-0.2, -0.15) is 0 Å². The van der Waals surface area contributed by atoms with E-state index in [9.17, 15) is 4.79 Å². The molecule has 0 aliphatic heterocycles. The fourth-order valence-corrected chi connectivity index (χ4v) is 2.78. The standard InChI is InChI=1S/C21H20O3/c1-23-19-9-3-15(4-10-19)13-17-7-8-18(21(17)22)14-16-5-11-20(24-2)12-6-16/h3-6,9-14H,7-8H2,1-2H3/b17-13-,18-14-. The van der Waals surface area contributed by atoms with Gasteiger partial charge in [-0.3, -0.25) is 4.79 Å². The molecule has 0 spiro atoms. The van der Waals surface area contributed by atoms with Crippen LogP contribution < -0.4 is 9.47 Å². The molecule has 1 fully saturated rings. The third kappa shape index (κ3) is 3.57. The van der Waals surface area contributed by atoms with E-state index >= 15 is 0 Å². The van der Waals surface area contributed by atoms with Crippen LogP contribution in [0.3, 0.4) is 0 Å². The third-order valence-electron chi connectivity index (χ3n) is 4.16.